The minimum Gasteiger partial charge on any atom is -0.496 e. The molecule has 116 valence electrons. The molecule has 1 amide bonds. The summed E-state index contributed by atoms with van der Waals surface area (Å²) in [6.45, 7) is 4.47. The Hall–Kier alpha value is -1.71. The van der Waals surface area contributed by atoms with Gasteiger partial charge in [-0.15, -0.1) is 0 Å². The second-order valence-electron chi connectivity index (χ2n) is 6.23. The quantitative estimate of drug-likeness (QED) is 0.837. The van der Waals surface area contributed by atoms with E-state index in [1.54, 1.807) is 25.3 Å². The lowest BCUT2D eigenvalue weighted by atomic mass is 9.78. The molecule has 1 aromatic carbocycles. The topological polar surface area (TPSA) is 64.3 Å². The lowest BCUT2D eigenvalue weighted by molar-refractivity contribution is 0.0886. The summed E-state index contributed by atoms with van der Waals surface area (Å²) in [7, 11) is 1.56. The van der Waals surface area contributed by atoms with Gasteiger partial charge in [-0.3, -0.25) is 4.79 Å². The Balaban J connectivity index is 2.13. The largest absolute Gasteiger partial charge is 0.496 e. The number of ether oxygens (including phenoxy) is 1. The van der Waals surface area contributed by atoms with Crippen LogP contribution in [-0.2, 0) is 0 Å². The molecular weight excluding hydrogens is 264 g/mol. The second-order valence-corrected chi connectivity index (χ2v) is 6.23. The van der Waals surface area contributed by atoms with Gasteiger partial charge in [0.2, 0.25) is 0 Å². The molecule has 1 aliphatic rings. The maximum atomic E-state index is 12.5. The molecule has 3 N–H and O–H groups in total. The molecule has 1 saturated carbocycles. The van der Waals surface area contributed by atoms with Crippen LogP contribution in [0.1, 0.15) is 49.9 Å². The number of nitrogens with one attached hydrogen (secondary N) is 1. The molecule has 1 aromatic rings. The van der Waals surface area contributed by atoms with Crippen LogP contribution in [0.3, 0.4) is 0 Å². The Morgan fingerprint density at radius 2 is 2.05 bits per heavy atom. The first-order chi connectivity index (χ1) is 10.0. The molecule has 1 aliphatic carbocycles. The van der Waals surface area contributed by atoms with Gasteiger partial charge in [-0.1, -0.05) is 26.7 Å². The highest BCUT2D eigenvalue weighted by atomic mass is 16.5. The summed E-state index contributed by atoms with van der Waals surface area (Å²) < 4.78 is 5.27. The Kier molecular flexibility index (Phi) is 5.10. The second kappa shape index (κ2) is 6.83. The molecule has 2 unspecified atom stereocenters. The van der Waals surface area contributed by atoms with Crippen molar-refractivity contribution >= 4 is 11.6 Å². The van der Waals surface area contributed by atoms with Crippen molar-refractivity contribution in [1.29, 1.82) is 0 Å². The maximum Gasteiger partial charge on any atom is 0.255 e. The van der Waals surface area contributed by atoms with Gasteiger partial charge in [0, 0.05) is 17.8 Å². The number of hydrogen-bond donors (Lipinski definition) is 2. The van der Waals surface area contributed by atoms with E-state index in [-0.39, 0.29) is 11.9 Å². The number of carbonyl (C=O) groups is 1. The van der Waals surface area contributed by atoms with E-state index in [0.29, 0.717) is 28.8 Å². The third kappa shape index (κ3) is 3.69. The molecule has 0 radical (unpaired) electrons. The first-order valence-electron chi connectivity index (χ1n) is 7.77. The minimum absolute atomic E-state index is 0.0654. The van der Waals surface area contributed by atoms with Crippen molar-refractivity contribution in [3.8, 4) is 5.75 Å². The standard InChI is InChI=1S/C17H26N2O2/c1-11(2)13-6-4-5-7-15(13)19-17(20)14-9-8-12(18)10-16(14)21-3/h8-11,13,15H,4-7,18H2,1-3H3,(H,19,20). The van der Waals surface area contributed by atoms with Crippen molar-refractivity contribution in [3.63, 3.8) is 0 Å². The number of rotatable bonds is 4. The van der Waals surface area contributed by atoms with E-state index in [0.717, 1.165) is 6.42 Å². The zero-order chi connectivity index (χ0) is 15.4. The number of carbonyl (C=O) groups excluding carboxylic acids is 1. The van der Waals surface area contributed by atoms with Gasteiger partial charge in [0.15, 0.2) is 0 Å². The van der Waals surface area contributed by atoms with E-state index >= 15 is 0 Å². The van der Waals surface area contributed by atoms with Gasteiger partial charge in [0.05, 0.1) is 12.7 Å². The van der Waals surface area contributed by atoms with Crippen LogP contribution in [0, 0.1) is 11.8 Å². The van der Waals surface area contributed by atoms with Crippen LogP contribution in [0.4, 0.5) is 5.69 Å². The lowest BCUT2D eigenvalue weighted by Gasteiger charge is -2.35. The van der Waals surface area contributed by atoms with Crippen molar-refractivity contribution < 1.29 is 9.53 Å². The van der Waals surface area contributed by atoms with Crippen LogP contribution in [0.5, 0.6) is 5.75 Å². The molecule has 2 rings (SSSR count). The van der Waals surface area contributed by atoms with E-state index in [1.165, 1.54) is 19.3 Å². The van der Waals surface area contributed by atoms with E-state index in [9.17, 15) is 4.79 Å². The molecule has 4 heteroatoms. The monoisotopic (exact) mass is 290 g/mol. The fourth-order valence-corrected chi connectivity index (χ4v) is 3.28. The number of benzene rings is 1. The summed E-state index contributed by atoms with van der Waals surface area (Å²) in [6, 6.07) is 5.42. The van der Waals surface area contributed by atoms with Gasteiger partial charge < -0.3 is 15.8 Å². The fourth-order valence-electron chi connectivity index (χ4n) is 3.28. The molecule has 2 atom stereocenters. The van der Waals surface area contributed by atoms with E-state index in [4.69, 9.17) is 10.5 Å². The third-order valence-corrected chi connectivity index (χ3v) is 4.46. The number of nitrogen functional groups attached to an aromatic ring is 1. The van der Waals surface area contributed by atoms with Crippen LogP contribution in [-0.4, -0.2) is 19.1 Å². The van der Waals surface area contributed by atoms with Crippen LogP contribution in [0.25, 0.3) is 0 Å². The molecule has 0 spiro atoms. The predicted molar refractivity (Wildman–Crippen MR) is 85.5 cm³/mol. The normalized spacial score (nSPS) is 22.1. The Morgan fingerprint density at radius 3 is 2.71 bits per heavy atom. The van der Waals surface area contributed by atoms with Crippen LogP contribution in [0.15, 0.2) is 18.2 Å². The van der Waals surface area contributed by atoms with Crippen LogP contribution < -0.4 is 15.8 Å². The zero-order valence-corrected chi connectivity index (χ0v) is 13.2. The van der Waals surface area contributed by atoms with Crippen molar-refractivity contribution in [3.05, 3.63) is 23.8 Å². The van der Waals surface area contributed by atoms with Crippen molar-refractivity contribution in [2.45, 2.75) is 45.6 Å². The zero-order valence-electron chi connectivity index (χ0n) is 13.2. The van der Waals surface area contributed by atoms with Crippen LogP contribution >= 0.6 is 0 Å². The smallest absolute Gasteiger partial charge is 0.255 e. The number of amides is 1. The predicted octanol–water partition coefficient (Wildman–Crippen LogP) is 3.22. The Bertz CT molecular complexity index is 500. The van der Waals surface area contributed by atoms with Crippen molar-refractivity contribution in [2.75, 3.05) is 12.8 Å². The van der Waals surface area contributed by atoms with E-state index in [2.05, 4.69) is 19.2 Å². The van der Waals surface area contributed by atoms with E-state index < -0.39 is 0 Å². The molecule has 21 heavy (non-hydrogen) atoms. The van der Waals surface area contributed by atoms with Gasteiger partial charge >= 0.3 is 0 Å². The Labute approximate surface area is 127 Å². The van der Waals surface area contributed by atoms with Crippen molar-refractivity contribution in [1.82, 2.24) is 5.32 Å². The average molecular weight is 290 g/mol. The van der Waals surface area contributed by atoms with Gasteiger partial charge in [-0.05, 0) is 36.8 Å². The van der Waals surface area contributed by atoms with E-state index in [1.807, 2.05) is 0 Å². The molecular formula is C17H26N2O2. The van der Waals surface area contributed by atoms with Crippen molar-refractivity contribution in [2.24, 2.45) is 11.8 Å². The maximum absolute atomic E-state index is 12.5. The molecule has 0 saturated heterocycles. The molecule has 0 bridgehead atoms. The highest BCUT2D eigenvalue weighted by molar-refractivity contribution is 5.97. The van der Waals surface area contributed by atoms with Gasteiger partial charge in [0.25, 0.3) is 5.91 Å². The van der Waals surface area contributed by atoms with Gasteiger partial charge in [0.1, 0.15) is 5.75 Å². The first kappa shape index (κ1) is 15.7. The number of anilines is 1. The summed E-state index contributed by atoms with van der Waals surface area (Å²) >= 11 is 0. The number of methoxy groups -OCH3 is 1. The summed E-state index contributed by atoms with van der Waals surface area (Å²) in [5, 5.41) is 3.20. The summed E-state index contributed by atoms with van der Waals surface area (Å²) in [5.74, 6) is 1.61. The Morgan fingerprint density at radius 1 is 1.33 bits per heavy atom. The molecule has 0 heterocycles. The van der Waals surface area contributed by atoms with Gasteiger partial charge in [-0.2, -0.15) is 0 Å². The van der Waals surface area contributed by atoms with Gasteiger partial charge in [-0.25, -0.2) is 0 Å². The lowest BCUT2D eigenvalue weighted by Crippen LogP contribution is -2.44. The minimum atomic E-state index is -0.0654. The summed E-state index contributed by atoms with van der Waals surface area (Å²) in [6.07, 6.45) is 4.71. The van der Waals surface area contributed by atoms with Crippen LogP contribution in [0.2, 0.25) is 0 Å². The highest BCUT2D eigenvalue weighted by Gasteiger charge is 2.29. The molecule has 0 aromatic heterocycles. The molecule has 4 nitrogen and oxygen atoms in total. The molecule has 1 fully saturated rings. The third-order valence-electron chi connectivity index (χ3n) is 4.46. The highest BCUT2D eigenvalue weighted by Crippen LogP contribution is 2.31. The summed E-state index contributed by atoms with van der Waals surface area (Å²) in [5.41, 5.74) is 6.89. The summed E-state index contributed by atoms with van der Waals surface area (Å²) in [4.78, 5) is 12.5. The fraction of sp³-hybridized carbons (Fsp3) is 0.588. The first-order valence-corrected chi connectivity index (χ1v) is 7.77. The average Bonchev–Trinajstić information content (AvgIpc) is 2.47. The molecule has 0 aliphatic heterocycles. The number of hydrogen-bond acceptors (Lipinski definition) is 3. The SMILES string of the molecule is COc1cc(N)ccc1C(=O)NC1CCCCC1C(C)C. The number of nitrogens with two attached hydrogens (primary N) is 1.